The third-order valence-electron chi connectivity index (χ3n) is 4.45. The van der Waals surface area contributed by atoms with E-state index in [0.29, 0.717) is 35.5 Å². The van der Waals surface area contributed by atoms with Gasteiger partial charge >= 0.3 is 0 Å². The minimum absolute atomic E-state index is 0.190. The number of hydrazine groups is 1. The van der Waals surface area contributed by atoms with Crippen molar-refractivity contribution in [2.45, 2.75) is 40.0 Å². The fraction of sp³-hybridized carbons (Fsp3) is 0.391. The fourth-order valence-electron chi connectivity index (χ4n) is 2.48. The molecule has 0 aliphatic heterocycles. The normalized spacial score (nSPS) is 11.6. The predicted molar refractivity (Wildman–Crippen MR) is 113 cm³/mol. The van der Waals surface area contributed by atoms with E-state index in [-0.39, 0.29) is 6.61 Å². The minimum atomic E-state index is -0.443. The van der Waals surface area contributed by atoms with Crippen LogP contribution in [0.25, 0.3) is 0 Å². The Morgan fingerprint density at radius 3 is 2.03 bits per heavy atom. The van der Waals surface area contributed by atoms with Crippen LogP contribution in [0.4, 0.5) is 0 Å². The Morgan fingerprint density at radius 1 is 0.862 bits per heavy atom. The Balaban J connectivity index is 1.74. The molecule has 0 aliphatic rings. The first-order chi connectivity index (χ1) is 13.9. The maximum atomic E-state index is 12.1. The minimum Gasteiger partial charge on any atom is -0.493 e. The number of rotatable bonds is 9. The first-order valence-electron chi connectivity index (χ1n) is 9.93. The molecule has 1 atom stereocenters. The molecule has 6 heteroatoms. The van der Waals surface area contributed by atoms with Gasteiger partial charge in [-0.1, -0.05) is 39.8 Å². The molecule has 0 aliphatic carbocycles. The number of hydrogen-bond acceptors (Lipinski definition) is 4. The van der Waals surface area contributed by atoms with E-state index in [0.717, 1.165) is 6.42 Å². The highest BCUT2D eigenvalue weighted by Crippen LogP contribution is 2.21. The van der Waals surface area contributed by atoms with Crippen molar-refractivity contribution in [2.24, 2.45) is 5.92 Å². The van der Waals surface area contributed by atoms with E-state index in [2.05, 4.69) is 38.5 Å². The second-order valence-electron chi connectivity index (χ2n) is 7.40. The molecule has 0 spiro atoms. The lowest BCUT2D eigenvalue weighted by atomic mass is 9.99. The lowest BCUT2D eigenvalue weighted by Crippen LogP contribution is -2.43. The van der Waals surface area contributed by atoms with Crippen LogP contribution in [0.3, 0.4) is 0 Å². The summed E-state index contributed by atoms with van der Waals surface area (Å²) in [5, 5.41) is 0. The topological polar surface area (TPSA) is 76.7 Å². The maximum Gasteiger partial charge on any atom is 0.276 e. The SMILES string of the molecule is CCC(C)c1ccc(OCC(=O)NNC(=O)c2ccc(OCC(C)C)cc2)cc1. The number of benzene rings is 2. The van der Waals surface area contributed by atoms with Crippen LogP contribution in [-0.4, -0.2) is 25.0 Å². The van der Waals surface area contributed by atoms with E-state index in [4.69, 9.17) is 9.47 Å². The summed E-state index contributed by atoms with van der Waals surface area (Å²) in [5.74, 6) is 1.36. The number of hydrogen-bond donors (Lipinski definition) is 2. The molecule has 0 aromatic heterocycles. The smallest absolute Gasteiger partial charge is 0.276 e. The van der Waals surface area contributed by atoms with Crippen molar-refractivity contribution < 1.29 is 19.1 Å². The highest BCUT2D eigenvalue weighted by molar-refractivity contribution is 5.95. The number of amides is 2. The summed E-state index contributed by atoms with van der Waals surface area (Å²) in [5.41, 5.74) is 6.38. The van der Waals surface area contributed by atoms with Crippen molar-refractivity contribution in [3.8, 4) is 11.5 Å². The van der Waals surface area contributed by atoms with Gasteiger partial charge in [-0.25, -0.2) is 0 Å². The van der Waals surface area contributed by atoms with Gasteiger partial charge in [-0.05, 0) is 60.2 Å². The van der Waals surface area contributed by atoms with Crippen molar-refractivity contribution >= 4 is 11.8 Å². The third kappa shape index (κ3) is 7.49. The fourth-order valence-corrected chi connectivity index (χ4v) is 2.48. The zero-order valence-corrected chi connectivity index (χ0v) is 17.5. The van der Waals surface area contributed by atoms with Gasteiger partial charge in [0.25, 0.3) is 11.8 Å². The second-order valence-corrected chi connectivity index (χ2v) is 7.40. The Morgan fingerprint density at radius 2 is 1.45 bits per heavy atom. The van der Waals surface area contributed by atoms with E-state index in [1.54, 1.807) is 24.3 Å². The van der Waals surface area contributed by atoms with Crippen molar-refractivity contribution in [3.05, 3.63) is 59.7 Å². The zero-order valence-electron chi connectivity index (χ0n) is 17.5. The molecular weight excluding hydrogens is 368 g/mol. The standard InChI is InChI=1S/C23H30N2O4/c1-5-17(4)18-6-10-21(11-7-18)29-15-22(26)24-25-23(27)19-8-12-20(13-9-19)28-14-16(2)3/h6-13,16-17H,5,14-15H2,1-4H3,(H,24,26)(H,25,27). The van der Waals surface area contributed by atoms with Crippen LogP contribution in [0.15, 0.2) is 48.5 Å². The quantitative estimate of drug-likeness (QED) is 0.624. The molecule has 0 fully saturated rings. The van der Waals surface area contributed by atoms with Gasteiger partial charge in [-0.15, -0.1) is 0 Å². The number of carbonyl (C=O) groups excluding carboxylic acids is 2. The molecule has 2 aromatic carbocycles. The molecule has 0 radical (unpaired) electrons. The van der Waals surface area contributed by atoms with E-state index >= 15 is 0 Å². The summed E-state index contributed by atoms with van der Waals surface area (Å²) in [4.78, 5) is 24.0. The van der Waals surface area contributed by atoms with Crippen molar-refractivity contribution in [3.63, 3.8) is 0 Å². The van der Waals surface area contributed by atoms with Crippen molar-refractivity contribution in [2.75, 3.05) is 13.2 Å². The molecule has 2 rings (SSSR count). The molecule has 2 N–H and O–H groups in total. The van der Waals surface area contributed by atoms with Crippen LogP contribution in [-0.2, 0) is 4.79 Å². The van der Waals surface area contributed by atoms with Crippen LogP contribution in [0.2, 0.25) is 0 Å². The Labute approximate surface area is 172 Å². The van der Waals surface area contributed by atoms with E-state index in [9.17, 15) is 9.59 Å². The van der Waals surface area contributed by atoms with Crippen LogP contribution in [0.1, 0.15) is 56.0 Å². The number of ether oxygens (including phenoxy) is 2. The summed E-state index contributed by atoms with van der Waals surface area (Å²) in [6.45, 7) is 8.86. The van der Waals surface area contributed by atoms with Gasteiger partial charge in [0.2, 0.25) is 0 Å². The molecule has 6 nitrogen and oxygen atoms in total. The molecule has 29 heavy (non-hydrogen) atoms. The van der Waals surface area contributed by atoms with Crippen LogP contribution in [0.5, 0.6) is 11.5 Å². The summed E-state index contributed by atoms with van der Waals surface area (Å²) in [6.07, 6.45) is 1.07. The van der Waals surface area contributed by atoms with Crippen molar-refractivity contribution in [1.82, 2.24) is 10.9 Å². The first kappa shape index (κ1) is 22.3. The van der Waals surface area contributed by atoms with Crippen molar-refractivity contribution in [1.29, 1.82) is 0 Å². The van der Waals surface area contributed by atoms with Gasteiger partial charge in [0, 0.05) is 5.56 Å². The van der Waals surface area contributed by atoms with E-state index < -0.39 is 11.8 Å². The molecule has 156 valence electrons. The lowest BCUT2D eigenvalue weighted by Gasteiger charge is -2.12. The van der Waals surface area contributed by atoms with Gasteiger partial charge in [0.1, 0.15) is 11.5 Å². The van der Waals surface area contributed by atoms with Gasteiger partial charge in [-0.2, -0.15) is 0 Å². The highest BCUT2D eigenvalue weighted by Gasteiger charge is 2.09. The van der Waals surface area contributed by atoms with Crippen LogP contribution in [0, 0.1) is 5.92 Å². The maximum absolute atomic E-state index is 12.1. The number of nitrogens with one attached hydrogen (secondary N) is 2. The summed E-state index contributed by atoms with van der Waals surface area (Å²) in [7, 11) is 0. The van der Waals surface area contributed by atoms with Crippen LogP contribution >= 0.6 is 0 Å². The molecule has 0 saturated carbocycles. The first-order valence-corrected chi connectivity index (χ1v) is 9.93. The molecular formula is C23H30N2O4. The summed E-state index contributed by atoms with van der Waals surface area (Å²) >= 11 is 0. The second kappa shape index (κ2) is 11.1. The zero-order chi connectivity index (χ0) is 21.2. The molecule has 2 aromatic rings. The van der Waals surface area contributed by atoms with E-state index in [1.165, 1.54) is 5.56 Å². The summed E-state index contributed by atoms with van der Waals surface area (Å²) in [6, 6.07) is 14.4. The molecule has 2 amide bonds. The largest absolute Gasteiger partial charge is 0.493 e. The van der Waals surface area contributed by atoms with Crippen LogP contribution < -0.4 is 20.3 Å². The number of carbonyl (C=O) groups is 2. The highest BCUT2D eigenvalue weighted by atomic mass is 16.5. The Bertz CT molecular complexity index is 786. The van der Waals surface area contributed by atoms with E-state index in [1.807, 2.05) is 24.3 Å². The molecule has 0 heterocycles. The average Bonchev–Trinajstić information content (AvgIpc) is 2.74. The summed E-state index contributed by atoms with van der Waals surface area (Å²) < 4.78 is 11.0. The molecule has 1 unspecified atom stereocenters. The van der Waals surface area contributed by atoms with Gasteiger partial charge in [0.15, 0.2) is 6.61 Å². The molecule has 0 bridgehead atoms. The monoisotopic (exact) mass is 398 g/mol. The lowest BCUT2D eigenvalue weighted by molar-refractivity contribution is -0.123. The average molecular weight is 399 g/mol. The van der Waals surface area contributed by atoms with Gasteiger partial charge in [0.05, 0.1) is 6.61 Å². The Kier molecular flexibility index (Phi) is 8.52. The van der Waals surface area contributed by atoms with Gasteiger partial charge in [-0.3, -0.25) is 20.4 Å². The third-order valence-corrected chi connectivity index (χ3v) is 4.45. The molecule has 0 saturated heterocycles. The van der Waals surface area contributed by atoms with Gasteiger partial charge < -0.3 is 9.47 Å². The Hall–Kier alpha value is -3.02. The predicted octanol–water partition coefficient (Wildman–Crippen LogP) is 4.07.